The number of hydrogen-bond acceptors (Lipinski definition) is 3. The summed E-state index contributed by atoms with van der Waals surface area (Å²) in [6, 6.07) is 0. The minimum atomic E-state index is -0.220. The van der Waals surface area contributed by atoms with Crippen LogP contribution in [0.5, 0.6) is 0 Å². The lowest BCUT2D eigenvalue weighted by Crippen LogP contribution is -2.18. The van der Waals surface area contributed by atoms with Gasteiger partial charge in [-0.05, 0) is 6.92 Å². The largest absolute Gasteiger partial charge is 0.278 e. The maximum absolute atomic E-state index is 11.4. The van der Waals surface area contributed by atoms with Gasteiger partial charge in [0.1, 0.15) is 11.5 Å². The lowest BCUT2D eigenvalue weighted by molar-refractivity contribution is 0.885. The molecule has 0 saturated heterocycles. The van der Waals surface area contributed by atoms with Gasteiger partial charge in [0.15, 0.2) is 0 Å². The quantitative estimate of drug-likeness (QED) is 0.602. The number of halogens is 1. The van der Waals surface area contributed by atoms with Crippen LogP contribution in [0.1, 0.15) is 5.56 Å². The smallest absolute Gasteiger partial charge is 0.278 e. The van der Waals surface area contributed by atoms with Crippen LogP contribution in [0, 0.1) is 6.92 Å². The summed E-state index contributed by atoms with van der Waals surface area (Å²) >= 11 is 5.67. The fraction of sp³-hybridized carbons (Fsp3) is 0.167. The van der Waals surface area contributed by atoms with Crippen LogP contribution in [0.15, 0.2) is 11.1 Å². The van der Waals surface area contributed by atoms with Gasteiger partial charge < -0.3 is 0 Å². The van der Waals surface area contributed by atoms with E-state index in [0.29, 0.717) is 5.56 Å². The van der Waals surface area contributed by atoms with Crippen LogP contribution in [-0.2, 0) is 0 Å². The second-order valence-corrected chi connectivity index (χ2v) is 2.71. The van der Waals surface area contributed by atoms with Crippen molar-refractivity contribution >= 4 is 17.4 Å². The van der Waals surface area contributed by atoms with Crippen molar-refractivity contribution in [3.8, 4) is 0 Å². The molecule has 5 nitrogen and oxygen atoms in total. The fourth-order valence-electron chi connectivity index (χ4n) is 0.916. The summed E-state index contributed by atoms with van der Waals surface area (Å²) in [5, 5.41) is 2.83. The van der Waals surface area contributed by atoms with E-state index in [2.05, 4.69) is 15.1 Å². The molecule has 0 bridgehead atoms. The molecule has 0 spiro atoms. The SMILES string of the molecule is Cc1c(Cl)nc2nc[nH]n2c1=O. The molecule has 0 saturated carbocycles. The molecule has 0 amide bonds. The van der Waals surface area contributed by atoms with E-state index in [1.165, 1.54) is 10.8 Å². The maximum atomic E-state index is 11.4. The Bertz CT molecular complexity index is 486. The van der Waals surface area contributed by atoms with Gasteiger partial charge in [0.2, 0.25) is 0 Å². The monoisotopic (exact) mass is 184 g/mol. The Balaban J connectivity index is 3.05. The Labute approximate surface area is 72.0 Å². The summed E-state index contributed by atoms with van der Waals surface area (Å²) in [7, 11) is 0. The van der Waals surface area contributed by atoms with Crippen molar-refractivity contribution < 1.29 is 0 Å². The molecular weight excluding hydrogens is 180 g/mol. The highest BCUT2D eigenvalue weighted by Gasteiger charge is 2.06. The predicted molar refractivity (Wildman–Crippen MR) is 43.4 cm³/mol. The van der Waals surface area contributed by atoms with Crippen molar-refractivity contribution in [1.29, 1.82) is 0 Å². The molecule has 0 unspecified atom stereocenters. The molecule has 2 rings (SSSR count). The van der Waals surface area contributed by atoms with Gasteiger partial charge in [-0.25, -0.2) is 4.98 Å². The Kier molecular flexibility index (Phi) is 1.41. The first kappa shape index (κ1) is 7.30. The number of rotatable bonds is 0. The number of H-pyrrole nitrogens is 1. The number of nitrogens with zero attached hydrogens (tertiary/aromatic N) is 3. The van der Waals surface area contributed by atoms with Crippen LogP contribution in [0.2, 0.25) is 5.15 Å². The van der Waals surface area contributed by atoms with E-state index in [4.69, 9.17) is 11.6 Å². The molecule has 0 aromatic carbocycles. The molecule has 12 heavy (non-hydrogen) atoms. The molecule has 0 aliphatic carbocycles. The van der Waals surface area contributed by atoms with Gasteiger partial charge in [-0.1, -0.05) is 11.6 Å². The van der Waals surface area contributed by atoms with E-state index in [1.54, 1.807) is 6.92 Å². The third-order valence-corrected chi connectivity index (χ3v) is 1.97. The van der Waals surface area contributed by atoms with E-state index in [9.17, 15) is 4.79 Å². The number of aromatic amines is 1. The van der Waals surface area contributed by atoms with Crippen molar-refractivity contribution in [2.24, 2.45) is 0 Å². The summed E-state index contributed by atoms with van der Waals surface area (Å²) in [5.74, 6) is 0.288. The van der Waals surface area contributed by atoms with Gasteiger partial charge in [0, 0.05) is 0 Å². The standard InChI is InChI=1S/C6H5ClN4O/c1-3-4(7)10-6-8-2-9-11(6)5(3)12/h2H,1H3,(H,8,9,10). The number of nitrogens with one attached hydrogen (secondary N) is 1. The highest BCUT2D eigenvalue weighted by atomic mass is 35.5. The van der Waals surface area contributed by atoms with E-state index in [-0.39, 0.29) is 16.5 Å². The van der Waals surface area contributed by atoms with Gasteiger partial charge in [-0.15, -0.1) is 0 Å². The van der Waals surface area contributed by atoms with Gasteiger partial charge in [0.25, 0.3) is 11.3 Å². The summed E-state index contributed by atoms with van der Waals surface area (Å²) < 4.78 is 1.24. The molecule has 2 heterocycles. The molecule has 0 radical (unpaired) electrons. The molecule has 62 valence electrons. The van der Waals surface area contributed by atoms with Crippen molar-refractivity contribution in [3.63, 3.8) is 0 Å². The zero-order chi connectivity index (χ0) is 8.72. The topological polar surface area (TPSA) is 63.1 Å². The van der Waals surface area contributed by atoms with Crippen molar-refractivity contribution in [2.75, 3.05) is 0 Å². The Hall–Kier alpha value is -1.36. The van der Waals surface area contributed by atoms with E-state index in [1.807, 2.05) is 0 Å². The molecule has 0 aliphatic rings. The molecule has 2 aromatic rings. The van der Waals surface area contributed by atoms with Gasteiger partial charge in [0.05, 0.1) is 5.56 Å². The zero-order valence-corrected chi connectivity index (χ0v) is 6.96. The lowest BCUT2D eigenvalue weighted by atomic mass is 10.4. The van der Waals surface area contributed by atoms with Gasteiger partial charge in [-0.3, -0.25) is 9.89 Å². The Morgan fingerprint density at radius 1 is 1.67 bits per heavy atom. The predicted octanol–water partition coefficient (Wildman–Crippen LogP) is 0.379. The van der Waals surface area contributed by atoms with Crippen LogP contribution in [0.3, 0.4) is 0 Å². The number of fused-ring (bicyclic) bond motifs is 1. The zero-order valence-electron chi connectivity index (χ0n) is 6.21. The number of hydrogen-bond donors (Lipinski definition) is 1. The van der Waals surface area contributed by atoms with Crippen LogP contribution >= 0.6 is 11.6 Å². The minimum absolute atomic E-state index is 0.201. The van der Waals surface area contributed by atoms with Crippen LogP contribution in [0.25, 0.3) is 5.78 Å². The third-order valence-electron chi connectivity index (χ3n) is 1.60. The summed E-state index contributed by atoms with van der Waals surface area (Å²) in [6.07, 6.45) is 1.39. The van der Waals surface area contributed by atoms with Crippen molar-refractivity contribution in [1.82, 2.24) is 19.6 Å². The fourth-order valence-corrected chi connectivity index (χ4v) is 1.07. The summed E-state index contributed by atoms with van der Waals surface area (Å²) in [4.78, 5) is 19.1. The maximum Gasteiger partial charge on any atom is 0.278 e. The molecule has 0 fully saturated rings. The molecule has 6 heteroatoms. The molecule has 0 atom stereocenters. The highest BCUT2D eigenvalue weighted by molar-refractivity contribution is 6.30. The minimum Gasteiger partial charge on any atom is -0.278 e. The van der Waals surface area contributed by atoms with Crippen LogP contribution < -0.4 is 5.56 Å². The first-order valence-corrected chi connectivity index (χ1v) is 3.66. The first-order chi connectivity index (χ1) is 5.70. The lowest BCUT2D eigenvalue weighted by Gasteiger charge is -1.95. The normalized spacial score (nSPS) is 10.8. The van der Waals surface area contributed by atoms with Crippen molar-refractivity contribution in [2.45, 2.75) is 6.92 Å². The third kappa shape index (κ3) is 0.831. The average Bonchev–Trinajstić information content (AvgIpc) is 2.48. The molecule has 1 N–H and O–H groups in total. The van der Waals surface area contributed by atoms with E-state index >= 15 is 0 Å². The summed E-state index contributed by atoms with van der Waals surface area (Å²) in [5.41, 5.74) is 0.195. The highest BCUT2D eigenvalue weighted by Crippen LogP contribution is 2.06. The molecular formula is C6H5ClN4O. The molecule has 2 aromatic heterocycles. The van der Waals surface area contributed by atoms with Gasteiger partial charge in [-0.2, -0.15) is 9.50 Å². The number of aromatic nitrogens is 4. The average molecular weight is 185 g/mol. The first-order valence-electron chi connectivity index (χ1n) is 3.28. The van der Waals surface area contributed by atoms with Gasteiger partial charge >= 0.3 is 0 Å². The van der Waals surface area contributed by atoms with Crippen LogP contribution in [0.4, 0.5) is 0 Å². The Morgan fingerprint density at radius 3 is 3.17 bits per heavy atom. The Morgan fingerprint density at radius 2 is 2.42 bits per heavy atom. The van der Waals surface area contributed by atoms with Crippen LogP contribution in [-0.4, -0.2) is 19.6 Å². The summed E-state index contributed by atoms with van der Waals surface area (Å²) in [6.45, 7) is 1.62. The van der Waals surface area contributed by atoms with E-state index in [0.717, 1.165) is 0 Å². The second-order valence-electron chi connectivity index (χ2n) is 2.36. The van der Waals surface area contributed by atoms with E-state index < -0.39 is 0 Å². The second kappa shape index (κ2) is 2.31. The molecule has 0 aliphatic heterocycles. The van der Waals surface area contributed by atoms with Crippen molar-refractivity contribution in [3.05, 3.63) is 27.4 Å².